The van der Waals surface area contributed by atoms with Gasteiger partial charge in [-0.2, -0.15) is 4.31 Å². The molecule has 102 valence electrons. The van der Waals surface area contributed by atoms with Crippen LogP contribution in [0.1, 0.15) is 25.8 Å². The van der Waals surface area contributed by atoms with Crippen molar-refractivity contribution in [2.75, 3.05) is 13.7 Å². The number of aliphatic hydroxyl groups is 1. The molecule has 1 atom stereocenters. The lowest BCUT2D eigenvalue weighted by Gasteiger charge is -2.22. The van der Waals surface area contributed by atoms with Crippen molar-refractivity contribution in [3.8, 4) is 0 Å². The van der Waals surface area contributed by atoms with Crippen LogP contribution in [0.15, 0.2) is 29.2 Å². The van der Waals surface area contributed by atoms with E-state index < -0.39 is 16.1 Å². The first-order valence-electron chi connectivity index (χ1n) is 6.11. The molecule has 1 N–H and O–H groups in total. The number of rotatable bonds is 6. The van der Waals surface area contributed by atoms with Gasteiger partial charge in [0, 0.05) is 13.1 Å². The fourth-order valence-electron chi connectivity index (χ4n) is 1.63. The number of benzene rings is 1. The van der Waals surface area contributed by atoms with Gasteiger partial charge in [0.05, 0.1) is 11.5 Å². The minimum atomic E-state index is -3.51. The Morgan fingerprint density at radius 1 is 1.28 bits per heavy atom. The van der Waals surface area contributed by atoms with Gasteiger partial charge in [0.1, 0.15) is 0 Å². The van der Waals surface area contributed by atoms with Gasteiger partial charge in [0.15, 0.2) is 0 Å². The molecule has 0 spiro atoms. The van der Waals surface area contributed by atoms with E-state index >= 15 is 0 Å². The second-order valence-corrected chi connectivity index (χ2v) is 6.44. The van der Waals surface area contributed by atoms with Crippen molar-refractivity contribution >= 4 is 10.0 Å². The molecule has 0 aliphatic heterocycles. The molecule has 0 aliphatic carbocycles. The molecule has 1 aromatic rings. The number of aryl methyl sites for hydroxylation is 1. The van der Waals surface area contributed by atoms with Crippen LogP contribution in [0.5, 0.6) is 0 Å². The van der Waals surface area contributed by atoms with Gasteiger partial charge in [-0.05, 0) is 31.0 Å². The van der Waals surface area contributed by atoms with Crippen LogP contribution in [0.3, 0.4) is 0 Å². The molecule has 0 heterocycles. The second kappa shape index (κ2) is 6.31. The van der Waals surface area contributed by atoms with Crippen molar-refractivity contribution in [2.45, 2.75) is 37.6 Å². The van der Waals surface area contributed by atoms with E-state index in [1.54, 1.807) is 19.1 Å². The maximum Gasteiger partial charge on any atom is 0.243 e. The molecule has 4 nitrogen and oxygen atoms in total. The monoisotopic (exact) mass is 271 g/mol. The van der Waals surface area contributed by atoms with Gasteiger partial charge < -0.3 is 5.11 Å². The summed E-state index contributed by atoms with van der Waals surface area (Å²) in [6, 6.07) is 6.51. The molecule has 0 aromatic heterocycles. The molecular formula is C13H21NO3S. The largest absolute Gasteiger partial charge is 0.395 e. The summed E-state index contributed by atoms with van der Waals surface area (Å²) >= 11 is 0. The number of likely N-dealkylation sites (N-methyl/N-ethyl adjacent to an activating group) is 1. The number of aliphatic hydroxyl groups excluding tert-OH is 1. The van der Waals surface area contributed by atoms with E-state index in [0.717, 1.165) is 18.4 Å². The third kappa shape index (κ3) is 3.31. The second-order valence-electron chi connectivity index (χ2n) is 4.45. The Morgan fingerprint density at radius 3 is 2.28 bits per heavy atom. The van der Waals surface area contributed by atoms with Crippen LogP contribution in [0, 0.1) is 0 Å². The van der Waals surface area contributed by atoms with E-state index in [0.29, 0.717) is 0 Å². The number of hydrogen-bond donors (Lipinski definition) is 1. The Labute approximate surface area is 109 Å². The van der Waals surface area contributed by atoms with Gasteiger partial charge in [0.25, 0.3) is 0 Å². The first kappa shape index (κ1) is 15.1. The minimum absolute atomic E-state index is 0.191. The highest BCUT2D eigenvalue weighted by Crippen LogP contribution is 2.17. The molecule has 0 aliphatic rings. The summed E-state index contributed by atoms with van der Waals surface area (Å²) in [4.78, 5) is 0.269. The summed E-state index contributed by atoms with van der Waals surface area (Å²) < 4.78 is 25.6. The third-order valence-electron chi connectivity index (χ3n) is 3.02. The third-order valence-corrected chi connectivity index (χ3v) is 5.01. The van der Waals surface area contributed by atoms with Gasteiger partial charge in [-0.1, -0.05) is 25.5 Å². The van der Waals surface area contributed by atoms with Crippen LogP contribution in [0.4, 0.5) is 0 Å². The van der Waals surface area contributed by atoms with E-state index in [2.05, 4.69) is 6.92 Å². The topological polar surface area (TPSA) is 57.6 Å². The maximum absolute atomic E-state index is 12.2. The maximum atomic E-state index is 12.2. The quantitative estimate of drug-likeness (QED) is 0.855. The lowest BCUT2D eigenvalue weighted by molar-refractivity contribution is 0.214. The highest BCUT2D eigenvalue weighted by atomic mass is 32.2. The van der Waals surface area contributed by atoms with Crippen LogP contribution < -0.4 is 0 Å². The van der Waals surface area contributed by atoms with Crippen molar-refractivity contribution in [3.63, 3.8) is 0 Å². The standard InChI is InChI=1S/C13H21NO3S/c1-4-5-12-6-8-13(9-7-12)18(16,17)14(3)11(2)10-15/h6-9,11,15H,4-5,10H2,1-3H3. The number of nitrogens with zero attached hydrogens (tertiary/aromatic N) is 1. The predicted octanol–water partition coefficient (Wildman–Crippen LogP) is 1.64. The molecule has 0 radical (unpaired) electrons. The van der Waals surface area contributed by atoms with Crippen molar-refractivity contribution in [2.24, 2.45) is 0 Å². The summed E-state index contributed by atoms with van der Waals surface area (Å²) in [6.45, 7) is 3.56. The number of sulfonamides is 1. The Balaban J connectivity index is 2.98. The fraction of sp³-hybridized carbons (Fsp3) is 0.538. The predicted molar refractivity (Wildman–Crippen MR) is 71.9 cm³/mol. The smallest absolute Gasteiger partial charge is 0.243 e. The van der Waals surface area contributed by atoms with Crippen LogP contribution >= 0.6 is 0 Å². The van der Waals surface area contributed by atoms with Crippen molar-refractivity contribution in [1.82, 2.24) is 4.31 Å². The van der Waals surface area contributed by atoms with Crippen LogP contribution in [0.25, 0.3) is 0 Å². The normalized spacial score (nSPS) is 13.8. The molecule has 0 bridgehead atoms. The zero-order chi connectivity index (χ0) is 13.8. The average Bonchev–Trinajstić information content (AvgIpc) is 2.38. The molecule has 1 aromatic carbocycles. The molecule has 0 saturated carbocycles. The lowest BCUT2D eigenvalue weighted by atomic mass is 10.1. The molecule has 1 rings (SSSR count). The average molecular weight is 271 g/mol. The van der Waals surface area contributed by atoms with Crippen LogP contribution in [0.2, 0.25) is 0 Å². The summed E-state index contributed by atoms with van der Waals surface area (Å²) in [7, 11) is -2.03. The molecule has 18 heavy (non-hydrogen) atoms. The van der Waals surface area contributed by atoms with E-state index in [4.69, 9.17) is 5.11 Å². The lowest BCUT2D eigenvalue weighted by Crippen LogP contribution is -2.37. The van der Waals surface area contributed by atoms with Gasteiger partial charge in [-0.25, -0.2) is 8.42 Å². The van der Waals surface area contributed by atoms with Gasteiger partial charge >= 0.3 is 0 Å². The Hall–Kier alpha value is -0.910. The van der Waals surface area contributed by atoms with Crippen molar-refractivity contribution < 1.29 is 13.5 Å². The van der Waals surface area contributed by atoms with Crippen molar-refractivity contribution in [1.29, 1.82) is 0 Å². The summed E-state index contributed by atoms with van der Waals surface area (Å²) in [6.07, 6.45) is 1.98. The first-order chi connectivity index (χ1) is 8.43. The number of hydrogen-bond acceptors (Lipinski definition) is 3. The fourth-order valence-corrected chi connectivity index (χ4v) is 2.99. The Kier molecular flexibility index (Phi) is 5.31. The van der Waals surface area contributed by atoms with Crippen molar-refractivity contribution in [3.05, 3.63) is 29.8 Å². The molecular weight excluding hydrogens is 250 g/mol. The molecule has 0 amide bonds. The van der Waals surface area contributed by atoms with E-state index in [1.807, 2.05) is 12.1 Å². The van der Waals surface area contributed by atoms with E-state index in [-0.39, 0.29) is 11.5 Å². The zero-order valence-electron chi connectivity index (χ0n) is 11.1. The molecule has 0 saturated heterocycles. The van der Waals surface area contributed by atoms with E-state index in [1.165, 1.54) is 11.4 Å². The summed E-state index contributed by atoms with van der Waals surface area (Å²) in [5.41, 5.74) is 1.13. The van der Waals surface area contributed by atoms with Crippen LogP contribution in [-0.2, 0) is 16.4 Å². The minimum Gasteiger partial charge on any atom is -0.395 e. The molecule has 5 heteroatoms. The Morgan fingerprint density at radius 2 is 1.83 bits per heavy atom. The highest BCUT2D eigenvalue weighted by Gasteiger charge is 2.24. The summed E-state index contributed by atoms with van der Waals surface area (Å²) in [5.74, 6) is 0. The SMILES string of the molecule is CCCc1ccc(S(=O)(=O)N(C)C(C)CO)cc1. The van der Waals surface area contributed by atoms with Gasteiger partial charge in [-0.3, -0.25) is 0 Å². The Bertz CT molecular complexity index is 468. The first-order valence-corrected chi connectivity index (χ1v) is 7.55. The zero-order valence-corrected chi connectivity index (χ0v) is 11.9. The highest BCUT2D eigenvalue weighted by molar-refractivity contribution is 7.89. The molecule has 0 fully saturated rings. The molecule has 1 unspecified atom stereocenters. The van der Waals surface area contributed by atoms with E-state index in [9.17, 15) is 8.42 Å². The summed E-state index contributed by atoms with van der Waals surface area (Å²) in [5, 5.41) is 9.02. The van der Waals surface area contributed by atoms with Crippen LogP contribution in [-0.4, -0.2) is 37.5 Å². The van der Waals surface area contributed by atoms with Gasteiger partial charge in [0.2, 0.25) is 10.0 Å². The van der Waals surface area contributed by atoms with Gasteiger partial charge in [-0.15, -0.1) is 0 Å².